The molecule has 0 fully saturated rings. The maximum atomic E-state index is 13.5. The molecule has 7 heteroatoms. The molecule has 2 amide bonds. The smallest absolute Gasteiger partial charge is 0.276 e. The molecule has 3 aromatic rings. The van der Waals surface area contributed by atoms with Crippen LogP contribution < -0.4 is 14.5 Å². The number of carbonyl (C=O) groups excluding carboxylic acids is 2. The minimum absolute atomic E-state index is 0.134. The van der Waals surface area contributed by atoms with Gasteiger partial charge in [-0.05, 0) is 31.2 Å². The molecule has 1 aliphatic rings. The van der Waals surface area contributed by atoms with E-state index in [1.54, 1.807) is 15.9 Å². The predicted octanol–water partition coefficient (Wildman–Crippen LogP) is 3.93. The minimum atomic E-state index is -0.830. The summed E-state index contributed by atoms with van der Waals surface area (Å²) in [5.41, 5.74) is 2.23. The number of nitrogens with zero attached hydrogens (tertiary/aromatic N) is 3. The van der Waals surface area contributed by atoms with Gasteiger partial charge in [0.25, 0.3) is 5.91 Å². The summed E-state index contributed by atoms with van der Waals surface area (Å²) in [4.78, 5) is 33.3. The molecule has 0 saturated carbocycles. The maximum absolute atomic E-state index is 13.5. The molecule has 1 unspecified atom stereocenters. The summed E-state index contributed by atoms with van der Waals surface area (Å²) in [6.07, 6.45) is -0.830. The van der Waals surface area contributed by atoms with Crippen molar-refractivity contribution in [2.75, 3.05) is 16.3 Å². The largest absolute Gasteiger partial charge is 0.476 e. The fourth-order valence-corrected chi connectivity index (χ4v) is 3.98. The van der Waals surface area contributed by atoms with E-state index in [1.807, 2.05) is 60.8 Å². The Morgan fingerprint density at radius 3 is 2.54 bits per heavy atom. The summed E-state index contributed by atoms with van der Waals surface area (Å²) in [5.74, 6) is 0.122. The average molecular weight is 393 g/mol. The lowest BCUT2D eigenvalue weighted by Crippen LogP contribution is -2.50. The van der Waals surface area contributed by atoms with Gasteiger partial charge in [0.15, 0.2) is 11.2 Å². The number of fused-ring (bicyclic) bond motifs is 1. The Hall–Kier alpha value is -3.19. The molecule has 1 aromatic heterocycles. The van der Waals surface area contributed by atoms with E-state index in [2.05, 4.69) is 4.98 Å². The Balaban J connectivity index is 1.72. The van der Waals surface area contributed by atoms with Crippen LogP contribution in [0.2, 0.25) is 0 Å². The van der Waals surface area contributed by atoms with Crippen molar-refractivity contribution in [3.05, 3.63) is 65.7 Å². The van der Waals surface area contributed by atoms with Crippen LogP contribution in [0.1, 0.15) is 12.6 Å². The summed E-state index contributed by atoms with van der Waals surface area (Å²) in [6.45, 7) is 3.53. The van der Waals surface area contributed by atoms with Crippen LogP contribution in [0.15, 0.2) is 60.0 Å². The zero-order chi connectivity index (χ0) is 19.7. The quantitative estimate of drug-likeness (QED) is 0.676. The number of hydrogen-bond acceptors (Lipinski definition) is 5. The van der Waals surface area contributed by atoms with Crippen LogP contribution in [0.25, 0.3) is 0 Å². The van der Waals surface area contributed by atoms with Gasteiger partial charge in [-0.2, -0.15) is 0 Å². The second-order valence-electron chi connectivity index (χ2n) is 6.48. The molecule has 4 rings (SSSR count). The number of aryl methyl sites for hydroxylation is 1. The number of hydrogen-bond donors (Lipinski definition) is 0. The molecular formula is C21H19N3O3S. The monoisotopic (exact) mass is 393 g/mol. The van der Waals surface area contributed by atoms with Crippen molar-refractivity contribution in [1.29, 1.82) is 0 Å². The van der Waals surface area contributed by atoms with E-state index in [1.165, 1.54) is 18.3 Å². The van der Waals surface area contributed by atoms with Crippen LogP contribution >= 0.6 is 11.3 Å². The highest BCUT2D eigenvalue weighted by Crippen LogP contribution is 2.35. The second-order valence-corrected chi connectivity index (χ2v) is 7.32. The predicted molar refractivity (Wildman–Crippen MR) is 109 cm³/mol. The number of thiazole rings is 1. The lowest BCUT2D eigenvalue weighted by molar-refractivity contribution is -0.125. The number of ether oxygens (including phenoxy) is 1. The molecule has 142 valence electrons. The van der Waals surface area contributed by atoms with Crippen LogP contribution in [-0.4, -0.2) is 29.4 Å². The van der Waals surface area contributed by atoms with E-state index in [0.717, 1.165) is 5.69 Å². The van der Waals surface area contributed by atoms with E-state index in [-0.39, 0.29) is 18.4 Å². The Labute approximate surface area is 167 Å². The van der Waals surface area contributed by atoms with Gasteiger partial charge in [-0.15, -0.1) is 11.3 Å². The Morgan fingerprint density at radius 2 is 1.86 bits per heavy atom. The topological polar surface area (TPSA) is 62.7 Å². The number of para-hydroxylation sites is 3. The molecule has 0 N–H and O–H groups in total. The number of carbonyl (C=O) groups is 2. The van der Waals surface area contributed by atoms with Crippen molar-refractivity contribution < 1.29 is 14.3 Å². The van der Waals surface area contributed by atoms with Gasteiger partial charge in [-0.25, -0.2) is 4.98 Å². The molecule has 0 radical (unpaired) electrons. The fraction of sp³-hybridized carbons (Fsp3) is 0.190. The average Bonchev–Trinajstić information content (AvgIpc) is 3.13. The van der Waals surface area contributed by atoms with Crippen molar-refractivity contribution >= 4 is 39.7 Å². The van der Waals surface area contributed by atoms with Crippen LogP contribution in [0.3, 0.4) is 0 Å². The van der Waals surface area contributed by atoms with Gasteiger partial charge < -0.3 is 9.64 Å². The first kappa shape index (κ1) is 18.2. The Kier molecular flexibility index (Phi) is 4.83. The molecule has 2 heterocycles. The highest BCUT2D eigenvalue weighted by molar-refractivity contribution is 7.14. The van der Waals surface area contributed by atoms with Gasteiger partial charge in [0.1, 0.15) is 5.75 Å². The summed E-state index contributed by atoms with van der Waals surface area (Å²) < 4.78 is 6.00. The van der Waals surface area contributed by atoms with Crippen LogP contribution in [-0.2, 0) is 9.59 Å². The van der Waals surface area contributed by atoms with Crippen LogP contribution in [0.4, 0.5) is 16.5 Å². The zero-order valence-electron chi connectivity index (χ0n) is 15.5. The van der Waals surface area contributed by atoms with Crippen molar-refractivity contribution in [3.63, 3.8) is 0 Å². The van der Waals surface area contributed by atoms with Crippen molar-refractivity contribution in [2.45, 2.75) is 20.0 Å². The molecule has 2 aromatic carbocycles. The highest BCUT2D eigenvalue weighted by atomic mass is 32.1. The molecule has 6 nitrogen and oxygen atoms in total. The number of amides is 2. The van der Waals surface area contributed by atoms with Gasteiger partial charge in [-0.3, -0.25) is 14.5 Å². The molecular weight excluding hydrogens is 374 g/mol. The molecule has 0 spiro atoms. The van der Waals surface area contributed by atoms with Crippen molar-refractivity contribution in [1.82, 2.24) is 4.98 Å². The molecule has 28 heavy (non-hydrogen) atoms. The molecule has 1 aliphatic heterocycles. The van der Waals surface area contributed by atoms with E-state index < -0.39 is 6.10 Å². The normalized spacial score (nSPS) is 15.5. The Morgan fingerprint density at radius 1 is 1.14 bits per heavy atom. The number of rotatable bonds is 3. The molecule has 0 aliphatic carbocycles. The highest BCUT2D eigenvalue weighted by Gasteiger charge is 2.36. The summed E-state index contributed by atoms with van der Waals surface area (Å²) in [6, 6.07) is 16.6. The number of benzene rings is 2. The first-order valence-corrected chi connectivity index (χ1v) is 9.77. The van der Waals surface area contributed by atoms with E-state index >= 15 is 0 Å². The van der Waals surface area contributed by atoms with Crippen LogP contribution in [0.5, 0.6) is 5.75 Å². The third-order valence-corrected chi connectivity index (χ3v) is 5.41. The third-order valence-electron chi connectivity index (χ3n) is 4.46. The lowest BCUT2D eigenvalue weighted by Gasteiger charge is -2.35. The molecule has 0 saturated heterocycles. The lowest BCUT2D eigenvalue weighted by atomic mass is 10.1. The van der Waals surface area contributed by atoms with E-state index in [4.69, 9.17) is 4.74 Å². The van der Waals surface area contributed by atoms with Crippen molar-refractivity contribution in [3.8, 4) is 5.75 Å². The van der Waals surface area contributed by atoms with Crippen LogP contribution in [0, 0.1) is 6.92 Å². The number of anilines is 3. The fourth-order valence-electron chi connectivity index (χ4n) is 3.16. The standard InChI is InChI=1S/C21H19N3O3S/c1-14-13-28-21(22-14)24(16-8-4-3-5-9-16)20(26)19-12-23(15(2)25)17-10-6-7-11-18(17)27-19/h3-11,13,19H,12H2,1-2H3. The summed E-state index contributed by atoms with van der Waals surface area (Å²) >= 11 is 1.40. The van der Waals surface area contributed by atoms with Gasteiger partial charge in [0, 0.05) is 12.3 Å². The third kappa shape index (κ3) is 3.36. The molecule has 0 bridgehead atoms. The van der Waals surface area contributed by atoms with Crippen molar-refractivity contribution in [2.24, 2.45) is 0 Å². The van der Waals surface area contributed by atoms with E-state index in [0.29, 0.717) is 22.3 Å². The van der Waals surface area contributed by atoms with Gasteiger partial charge >= 0.3 is 0 Å². The minimum Gasteiger partial charge on any atom is -0.476 e. The van der Waals surface area contributed by atoms with Gasteiger partial charge in [-0.1, -0.05) is 30.3 Å². The van der Waals surface area contributed by atoms with E-state index in [9.17, 15) is 9.59 Å². The zero-order valence-corrected chi connectivity index (χ0v) is 16.3. The number of aromatic nitrogens is 1. The summed E-state index contributed by atoms with van der Waals surface area (Å²) in [7, 11) is 0. The first-order chi connectivity index (χ1) is 13.5. The second kappa shape index (κ2) is 7.44. The maximum Gasteiger partial charge on any atom is 0.276 e. The SMILES string of the molecule is CC(=O)N1CC(C(=O)N(c2ccccc2)c2nc(C)cs2)Oc2ccccc21. The Bertz CT molecular complexity index is 1020. The molecule has 1 atom stereocenters. The summed E-state index contributed by atoms with van der Waals surface area (Å²) in [5, 5.41) is 2.47. The van der Waals surface area contributed by atoms with Gasteiger partial charge in [0.05, 0.1) is 23.6 Å². The first-order valence-electron chi connectivity index (χ1n) is 8.89. The van der Waals surface area contributed by atoms with Gasteiger partial charge in [0.2, 0.25) is 5.91 Å².